The third-order valence-corrected chi connectivity index (χ3v) is 4.31. The van der Waals surface area contributed by atoms with Gasteiger partial charge in [-0.15, -0.1) is 0 Å². The second-order valence-corrected chi connectivity index (χ2v) is 6.87. The molecular formula is C18H22N4O3S. The summed E-state index contributed by atoms with van der Waals surface area (Å²) in [6.07, 6.45) is 1.62. The summed E-state index contributed by atoms with van der Waals surface area (Å²) in [5.74, 6) is -0.192. The Morgan fingerprint density at radius 2 is 1.92 bits per heavy atom. The molecule has 138 valence electrons. The zero-order chi connectivity index (χ0) is 19.1. The van der Waals surface area contributed by atoms with Crippen LogP contribution in [-0.4, -0.2) is 46.5 Å². The molecule has 7 nitrogen and oxygen atoms in total. The maximum absolute atomic E-state index is 12.1. The number of amides is 2. The molecule has 8 heteroatoms. The van der Waals surface area contributed by atoms with Crippen molar-refractivity contribution >= 4 is 29.3 Å². The summed E-state index contributed by atoms with van der Waals surface area (Å²) in [7, 11) is 3.37. The molecule has 0 unspecified atom stereocenters. The van der Waals surface area contributed by atoms with E-state index >= 15 is 0 Å². The molecule has 1 aromatic carbocycles. The number of aromatic amines is 1. The van der Waals surface area contributed by atoms with Crippen molar-refractivity contribution in [3.8, 4) is 0 Å². The Kier molecular flexibility index (Phi) is 6.97. The van der Waals surface area contributed by atoms with E-state index in [0.29, 0.717) is 16.4 Å². The lowest BCUT2D eigenvalue weighted by molar-refractivity contribution is -0.113. The predicted octanol–water partition coefficient (Wildman–Crippen LogP) is 2.16. The maximum atomic E-state index is 12.1. The molecule has 26 heavy (non-hydrogen) atoms. The molecule has 0 aliphatic heterocycles. The minimum atomic E-state index is -0.217. The SMILES string of the molecule is CCCc1cc(=O)[nH]c(SCC(=O)Nc2ccc(C(=O)N(C)C)cc2)n1. The molecule has 1 aromatic heterocycles. The van der Waals surface area contributed by atoms with Gasteiger partial charge < -0.3 is 15.2 Å². The predicted molar refractivity (Wildman–Crippen MR) is 103 cm³/mol. The third kappa shape index (κ3) is 5.73. The number of hydrogen-bond donors (Lipinski definition) is 2. The van der Waals surface area contributed by atoms with E-state index in [0.717, 1.165) is 18.5 Å². The lowest BCUT2D eigenvalue weighted by Gasteiger charge is -2.11. The molecule has 0 atom stereocenters. The Morgan fingerprint density at radius 1 is 1.23 bits per heavy atom. The number of nitrogens with zero attached hydrogens (tertiary/aromatic N) is 2. The van der Waals surface area contributed by atoms with Crippen molar-refractivity contribution in [3.63, 3.8) is 0 Å². The number of benzene rings is 1. The van der Waals surface area contributed by atoms with Gasteiger partial charge in [-0.3, -0.25) is 14.4 Å². The molecule has 0 bridgehead atoms. The zero-order valence-electron chi connectivity index (χ0n) is 15.0. The van der Waals surface area contributed by atoms with Crippen LogP contribution in [0.2, 0.25) is 0 Å². The fraction of sp³-hybridized carbons (Fsp3) is 0.333. The number of thioether (sulfide) groups is 1. The number of hydrogen-bond acceptors (Lipinski definition) is 5. The summed E-state index contributed by atoms with van der Waals surface area (Å²) in [5.41, 5.74) is 1.66. The second kappa shape index (κ2) is 9.19. The van der Waals surface area contributed by atoms with Gasteiger partial charge in [-0.1, -0.05) is 25.1 Å². The molecule has 0 aliphatic carbocycles. The van der Waals surface area contributed by atoms with Crippen LogP contribution in [0.1, 0.15) is 29.4 Å². The zero-order valence-corrected chi connectivity index (χ0v) is 15.9. The molecule has 0 spiro atoms. The first-order valence-electron chi connectivity index (χ1n) is 8.23. The van der Waals surface area contributed by atoms with Crippen molar-refractivity contribution in [1.82, 2.24) is 14.9 Å². The summed E-state index contributed by atoms with van der Waals surface area (Å²) in [6.45, 7) is 2.01. The molecule has 1 heterocycles. The van der Waals surface area contributed by atoms with Gasteiger partial charge in [0.25, 0.3) is 11.5 Å². The van der Waals surface area contributed by atoms with E-state index in [-0.39, 0.29) is 23.1 Å². The van der Waals surface area contributed by atoms with Gasteiger partial charge in [-0.05, 0) is 30.7 Å². The Morgan fingerprint density at radius 3 is 2.54 bits per heavy atom. The van der Waals surface area contributed by atoms with Crippen molar-refractivity contribution in [3.05, 3.63) is 51.9 Å². The van der Waals surface area contributed by atoms with Crippen LogP contribution in [0.15, 0.2) is 40.3 Å². The van der Waals surface area contributed by atoms with Gasteiger partial charge in [0.05, 0.1) is 5.75 Å². The largest absolute Gasteiger partial charge is 0.345 e. The number of aromatic nitrogens is 2. The number of carbonyl (C=O) groups is 2. The lowest BCUT2D eigenvalue weighted by atomic mass is 10.2. The van der Waals surface area contributed by atoms with Gasteiger partial charge in [0.2, 0.25) is 5.91 Å². The number of carbonyl (C=O) groups excluding carboxylic acids is 2. The first-order valence-corrected chi connectivity index (χ1v) is 9.22. The first-order chi connectivity index (χ1) is 12.4. The fourth-order valence-corrected chi connectivity index (χ4v) is 2.92. The van der Waals surface area contributed by atoms with E-state index in [1.807, 2.05) is 6.92 Å². The van der Waals surface area contributed by atoms with Gasteiger partial charge in [-0.2, -0.15) is 0 Å². The summed E-state index contributed by atoms with van der Waals surface area (Å²) < 4.78 is 0. The highest BCUT2D eigenvalue weighted by Gasteiger charge is 2.09. The fourth-order valence-electron chi connectivity index (χ4n) is 2.22. The highest BCUT2D eigenvalue weighted by atomic mass is 32.2. The number of nitrogens with one attached hydrogen (secondary N) is 2. The summed E-state index contributed by atoms with van der Waals surface area (Å²) in [4.78, 5) is 44.0. The van der Waals surface area contributed by atoms with Crippen molar-refractivity contribution in [2.75, 3.05) is 25.2 Å². The molecular weight excluding hydrogens is 352 g/mol. The Hall–Kier alpha value is -2.61. The molecule has 2 aromatic rings. The second-order valence-electron chi connectivity index (χ2n) is 5.91. The third-order valence-electron chi connectivity index (χ3n) is 3.44. The standard InChI is InChI=1S/C18H22N4O3S/c1-4-5-14-10-15(23)21-18(20-14)26-11-16(24)19-13-8-6-12(7-9-13)17(25)22(2)3/h6-10H,4-5,11H2,1-3H3,(H,19,24)(H,20,21,23). The van der Waals surface area contributed by atoms with Gasteiger partial charge in [0, 0.05) is 37.1 Å². The molecule has 0 radical (unpaired) electrons. The van der Waals surface area contributed by atoms with E-state index < -0.39 is 0 Å². The van der Waals surface area contributed by atoms with Crippen molar-refractivity contribution < 1.29 is 9.59 Å². The van der Waals surface area contributed by atoms with Crippen LogP contribution < -0.4 is 10.9 Å². The number of rotatable bonds is 7. The molecule has 0 fully saturated rings. The molecule has 0 aliphatic rings. The topological polar surface area (TPSA) is 95.2 Å². The Bertz CT molecular complexity index is 831. The summed E-state index contributed by atoms with van der Waals surface area (Å²) in [6, 6.07) is 8.17. The van der Waals surface area contributed by atoms with E-state index in [4.69, 9.17) is 0 Å². The van der Waals surface area contributed by atoms with Gasteiger partial charge >= 0.3 is 0 Å². The van der Waals surface area contributed by atoms with Crippen molar-refractivity contribution in [2.45, 2.75) is 24.9 Å². The molecule has 0 saturated heterocycles. The van der Waals surface area contributed by atoms with Gasteiger partial charge in [-0.25, -0.2) is 4.98 Å². The van der Waals surface area contributed by atoms with E-state index in [1.165, 1.54) is 22.7 Å². The Balaban J connectivity index is 1.93. The van der Waals surface area contributed by atoms with Crippen LogP contribution in [0.25, 0.3) is 0 Å². The number of H-pyrrole nitrogens is 1. The van der Waals surface area contributed by atoms with Crippen LogP contribution in [-0.2, 0) is 11.2 Å². The minimum absolute atomic E-state index is 0.0968. The number of anilines is 1. The highest BCUT2D eigenvalue weighted by molar-refractivity contribution is 7.99. The average molecular weight is 374 g/mol. The average Bonchev–Trinajstić information content (AvgIpc) is 2.60. The maximum Gasteiger partial charge on any atom is 0.253 e. The molecule has 2 rings (SSSR count). The van der Waals surface area contributed by atoms with Crippen LogP contribution in [0.3, 0.4) is 0 Å². The van der Waals surface area contributed by atoms with Gasteiger partial charge in [0.1, 0.15) is 0 Å². The quantitative estimate of drug-likeness (QED) is 0.572. The molecule has 2 amide bonds. The Labute approximate surface area is 156 Å². The summed E-state index contributed by atoms with van der Waals surface area (Å²) >= 11 is 1.17. The first kappa shape index (κ1) is 19.7. The minimum Gasteiger partial charge on any atom is -0.345 e. The van der Waals surface area contributed by atoms with Crippen molar-refractivity contribution in [2.24, 2.45) is 0 Å². The molecule has 2 N–H and O–H groups in total. The van der Waals surface area contributed by atoms with Crippen LogP contribution in [0, 0.1) is 0 Å². The van der Waals surface area contributed by atoms with Gasteiger partial charge in [0.15, 0.2) is 5.16 Å². The lowest BCUT2D eigenvalue weighted by Crippen LogP contribution is -2.21. The smallest absolute Gasteiger partial charge is 0.253 e. The van der Waals surface area contributed by atoms with E-state index in [9.17, 15) is 14.4 Å². The normalized spacial score (nSPS) is 10.4. The highest BCUT2D eigenvalue weighted by Crippen LogP contribution is 2.14. The van der Waals surface area contributed by atoms with Crippen LogP contribution in [0.5, 0.6) is 0 Å². The van der Waals surface area contributed by atoms with Crippen LogP contribution >= 0.6 is 11.8 Å². The number of aryl methyl sites for hydroxylation is 1. The van der Waals surface area contributed by atoms with E-state index in [2.05, 4.69) is 15.3 Å². The monoisotopic (exact) mass is 374 g/mol. The summed E-state index contributed by atoms with van der Waals surface area (Å²) in [5, 5.41) is 3.19. The van der Waals surface area contributed by atoms with Crippen LogP contribution in [0.4, 0.5) is 5.69 Å². The molecule has 0 saturated carbocycles. The van der Waals surface area contributed by atoms with E-state index in [1.54, 1.807) is 38.4 Å². The van der Waals surface area contributed by atoms with Crippen molar-refractivity contribution in [1.29, 1.82) is 0 Å².